The van der Waals surface area contributed by atoms with Crippen molar-refractivity contribution in [3.63, 3.8) is 0 Å². The number of rotatable bonds is 5. The number of carbonyl (C=O) groups excluding carboxylic acids is 1. The number of para-hydroxylation sites is 1. The van der Waals surface area contributed by atoms with Crippen LogP contribution >= 0.6 is 0 Å². The third-order valence-corrected chi connectivity index (χ3v) is 7.41. The molecule has 0 bridgehead atoms. The molecule has 4 nitrogen and oxygen atoms in total. The SMILES string of the molecule is CC1(C)CC2(C(=O)N(C(c3ccccc3)c3ccccc3)c3ccccc32)c2ccc(OC(F)F)cc2O1. The molecule has 1 spiro atoms. The molecule has 192 valence electrons. The topological polar surface area (TPSA) is 38.8 Å². The summed E-state index contributed by atoms with van der Waals surface area (Å²) in [6.45, 7) is 0.881. The van der Waals surface area contributed by atoms with Gasteiger partial charge in [-0.1, -0.05) is 84.9 Å². The number of fused-ring (bicyclic) bond motifs is 4. The van der Waals surface area contributed by atoms with E-state index < -0.39 is 17.6 Å². The largest absolute Gasteiger partial charge is 0.487 e. The van der Waals surface area contributed by atoms with Crippen LogP contribution in [0.4, 0.5) is 14.5 Å². The number of benzene rings is 4. The van der Waals surface area contributed by atoms with E-state index in [0.29, 0.717) is 17.7 Å². The highest BCUT2D eigenvalue weighted by atomic mass is 19.3. The Morgan fingerprint density at radius 2 is 1.42 bits per heavy atom. The van der Waals surface area contributed by atoms with Crippen LogP contribution in [-0.2, 0) is 10.2 Å². The van der Waals surface area contributed by atoms with Gasteiger partial charge in [0.25, 0.3) is 0 Å². The Morgan fingerprint density at radius 1 is 0.816 bits per heavy atom. The summed E-state index contributed by atoms with van der Waals surface area (Å²) in [4.78, 5) is 16.9. The summed E-state index contributed by atoms with van der Waals surface area (Å²) in [5.41, 5.74) is 2.53. The molecule has 0 radical (unpaired) electrons. The van der Waals surface area contributed by atoms with E-state index in [1.54, 1.807) is 6.07 Å². The predicted molar refractivity (Wildman–Crippen MR) is 142 cm³/mol. The first-order valence-electron chi connectivity index (χ1n) is 12.6. The number of alkyl halides is 2. The number of carbonyl (C=O) groups is 1. The Bertz CT molecular complexity index is 1450. The minimum Gasteiger partial charge on any atom is -0.487 e. The van der Waals surface area contributed by atoms with E-state index in [1.165, 1.54) is 12.1 Å². The second-order valence-electron chi connectivity index (χ2n) is 10.4. The average molecular weight is 512 g/mol. The summed E-state index contributed by atoms with van der Waals surface area (Å²) in [5, 5.41) is 0. The highest BCUT2D eigenvalue weighted by Gasteiger charge is 2.59. The van der Waals surface area contributed by atoms with Crippen molar-refractivity contribution in [2.24, 2.45) is 0 Å². The molecule has 0 N–H and O–H groups in total. The number of halogens is 2. The van der Waals surface area contributed by atoms with Gasteiger partial charge in [0.15, 0.2) is 0 Å². The molecule has 1 atom stereocenters. The summed E-state index contributed by atoms with van der Waals surface area (Å²) in [5.74, 6) is 0.297. The Kier molecular flexibility index (Phi) is 5.71. The summed E-state index contributed by atoms with van der Waals surface area (Å²) in [6.07, 6.45) is 0.394. The number of nitrogens with zero attached hydrogens (tertiary/aromatic N) is 1. The molecule has 0 saturated heterocycles. The van der Waals surface area contributed by atoms with Crippen LogP contribution in [0.15, 0.2) is 103 Å². The average Bonchev–Trinajstić information content (AvgIpc) is 3.12. The Labute approximate surface area is 220 Å². The number of hydrogen-bond acceptors (Lipinski definition) is 3. The van der Waals surface area contributed by atoms with Crippen molar-refractivity contribution in [2.75, 3.05) is 4.90 Å². The zero-order valence-electron chi connectivity index (χ0n) is 21.1. The van der Waals surface area contributed by atoms with Crippen molar-refractivity contribution in [3.05, 3.63) is 125 Å². The first kappa shape index (κ1) is 24.2. The smallest absolute Gasteiger partial charge is 0.387 e. The molecule has 38 heavy (non-hydrogen) atoms. The molecule has 1 amide bonds. The van der Waals surface area contributed by atoms with Gasteiger partial charge in [-0.2, -0.15) is 8.78 Å². The quantitative estimate of drug-likeness (QED) is 0.283. The zero-order chi connectivity index (χ0) is 26.5. The van der Waals surface area contributed by atoms with Gasteiger partial charge in [0.1, 0.15) is 22.5 Å². The summed E-state index contributed by atoms with van der Waals surface area (Å²) in [7, 11) is 0. The van der Waals surface area contributed by atoms with E-state index in [0.717, 1.165) is 22.4 Å². The molecule has 0 aliphatic carbocycles. The van der Waals surface area contributed by atoms with Crippen LogP contribution in [0, 0.1) is 0 Å². The fourth-order valence-corrected chi connectivity index (χ4v) is 6.11. The van der Waals surface area contributed by atoms with Gasteiger partial charge in [-0.25, -0.2) is 0 Å². The van der Waals surface area contributed by atoms with Gasteiger partial charge in [-0.15, -0.1) is 0 Å². The fourth-order valence-electron chi connectivity index (χ4n) is 6.11. The minimum absolute atomic E-state index is 0.00589. The van der Waals surface area contributed by atoms with Crippen LogP contribution < -0.4 is 14.4 Å². The van der Waals surface area contributed by atoms with Crippen molar-refractivity contribution in [3.8, 4) is 11.5 Å². The zero-order valence-corrected chi connectivity index (χ0v) is 21.1. The number of amides is 1. The maximum atomic E-state index is 15.0. The van der Waals surface area contributed by atoms with Crippen molar-refractivity contribution >= 4 is 11.6 Å². The van der Waals surface area contributed by atoms with E-state index in [4.69, 9.17) is 4.74 Å². The van der Waals surface area contributed by atoms with E-state index in [1.807, 2.05) is 104 Å². The highest BCUT2D eigenvalue weighted by molar-refractivity contribution is 6.12. The number of ether oxygens (including phenoxy) is 2. The van der Waals surface area contributed by atoms with Gasteiger partial charge in [0.05, 0.1) is 6.04 Å². The molecule has 2 heterocycles. The van der Waals surface area contributed by atoms with Crippen LogP contribution in [0.5, 0.6) is 11.5 Å². The maximum Gasteiger partial charge on any atom is 0.387 e. The molecule has 2 aliphatic heterocycles. The van der Waals surface area contributed by atoms with E-state index in [2.05, 4.69) is 4.74 Å². The van der Waals surface area contributed by atoms with Gasteiger partial charge in [-0.05, 0) is 42.7 Å². The van der Waals surface area contributed by atoms with E-state index in [-0.39, 0.29) is 17.7 Å². The first-order valence-corrected chi connectivity index (χ1v) is 12.6. The van der Waals surface area contributed by atoms with E-state index >= 15 is 0 Å². The molecule has 1 unspecified atom stereocenters. The second-order valence-corrected chi connectivity index (χ2v) is 10.4. The van der Waals surface area contributed by atoms with E-state index in [9.17, 15) is 13.6 Å². The molecule has 0 aromatic heterocycles. The molecular weight excluding hydrogens is 484 g/mol. The number of anilines is 1. The molecule has 4 aromatic carbocycles. The van der Waals surface area contributed by atoms with Gasteiger partial charge >= 0.3 is 6.61 Å². The van der Waals surface area contributed by atoms with Crippen LogP contribution in [0.25, 0.3) is 0 Å². The third-order valence-electron chi connectivity index (χ3n) is 7.41. The standard InChI is InChI=1S/C32H27F2NO3/c1-31(2)20-32(25-18-17-23(37-30(33)34)19-27(25)38-31)24-15-9-10-16-26(24)35(29(32)36)28(21-11-5-3-6-12-21)22-13-7-4-8-14-22/h3-19,28,30H,20H2,1-2H3. The Hall–Kier alpha value is -4.19. The normalized spacial score (nSPS) is 19.4. The lowest BCUT2D eigenvalue weighted by molar-refractivity contribution is -0.124. The predicted octanol–water partition coefficient (Wildman–Crippen LogP) is 7.27. The van der Waals surface area contributed by atoms with Crippen molar-refractivity contribution in [2.45, 2.75) is 43.9 Å². The van der Waals surface area contributed by atoms with Gasteiger partial charge < -0.3 is 9.47 Å². The molecular formula is C32H27F2NO3. The van der Waals surface area contributed by atoms with Crippen LogP contribution in [0.3, 0.4) is 0 Å². The molecule has 4 aromatic rings. The summed E-state index contributed by atoms with van der Waals surface area (Å²) >= 11 is 0. The first-order chi connectivity index (χ1) is 18.3. The fraction of sp³-hybridized carbons (Fsp3) is 0.219. The molecule has 2 aliphatic rings. The monoisotopic (exact) mass is 511 g/mol. The molecule has 0 fully saturated rings. The minimum atomic E-state index is -2.96. The molecule has 6 rings (SSSR count). The highest BCUT2D eigenvalue weighted by Crippen LogP contribution is 2.58. The van der Waals surface area contributed by atoms with Crippen molar-refractivity contribution < 1.29 is 23.0 Å². The second kappa shape index (κ2) is 8.98. The van der Waals surface area contributed by atoms with Gasteiger partial charge in [-0.3, -0.25) is 9.69 Å². The van der Waals surface area contributed by atoms with Crippen LogP contribution in [-0.4, -0.2) is 18.1 Å². The third kappa shape index (κ3) is 3.83. The van der Waals surface area contributed by atoms with Gasteiger partial charge in [0.2, 0.25) is 5.91 Å². The Morgan fingerprint density at radius 3 is 2.05 bits per heavy atom. The molecule has 6 heteroatoms. The lowest BCUT2D eigenvalue weighted by atomic mass is 9.67. The lowest BCUT2D eigenvalue weighted by Crippen LogP contribution is -2.51. The maximum absolute atomic E-state index is 15.0. The summed E-state index contributed by atoms with van der Waals surface area (Å²) in [6, 6.07) is 32.1. The summed E-state index contributed by atoms with van der Waals surface area (Å²) < 4.78 is 36.9. The van der Waals surface area contributed by atoms with Gasteiger partial charge in [0, 0.05) is 23.7 Å². The number of hydrogen-bond donors (Lipinski definition) is 0. The van der Waals surface area contributed by atoms with Crippen LogP contribution in [0.2, 0.25) is 0 Å². The van der Waals surface area contributed by atoms with Crippen LogP contribution in [0.1, 0.15) is 48.6 Å². The van der Waals surface area contributed by atoms with Crippen molar-refractivity contribution in [1.29, 1.82) is 0 Å². The Balaban J connectivity index is 1.59. The molecule has 0 saturated carbocycles. The lowest BCUT2D eigenvalue weighted by Gasteiger charge is -2.44. The van der Waals surface area contributed by atoms with Crippen molar-refractivity contribution in [1.82, 2.24) is 0 Å².